The van der Waals surface area contributed by atoms with Crippen molar-refractivity contribution in [2.24, 2.45) is 0 Å². The zero-order valence-electron chi connectivity index (χ0n) is 10.3. The highest BCUT2D eigenvalue weighted by atomic mass is 79.9. The van der Waals surface area contributed by atoms with Crippen LogP contribution in [0.2, 0.25) is 0 Å². The van der Waals surface area contributed by atoms with Crippen LogP contribution in [0.4, 0.5) is 10.1 Å². The van der Waals surface area contributed by atoms with Gasteiger partial charge in [0.2, 0.25) is 0 Å². The molecular weight excluding hydrogens is 323 g/mol. The van der Waals surface area contributed by atoms with Gasteiger partial charge in [0.25, 0.3) is 0 Å². The lowest BCUT2D eigenvalue weighted by atomic mass is 10.1. The van der Waals surface area contributed by atoms with Gasteiger partial charge in [-0.15, -0.1) is 0 Å². The fraction of sp³-hybridized carbons (Fsp3) is 0. The van der Waals surface area contributed by atoms with Crippen molar-refractivity contribution >= 4 is 21.6 Å². The molecule has 0 radical (unpaired) electrons. The summed E-state index contributed by atoms with van der Waals surface area (Å²) in [5.41, 5.74) is 7.96. The number of pyridine rings is 1. The van der Waals surface area contributed by atoms with Crippen LogP contribution >= 0.6 is 15.9 Å². The third-order valence-electron chi connectivity index (χ3n) is 2.85. The Bertz CT molecular complexity index is 755. The van der Waals surface area contributed by atoms with Crippen molar-refractivity contribution in [3.05, 3.63) is 59.2 Å². The first kappa shape index (κ1) is 12.8. The average molecular weight is 333 g/mol. The number of nitrogens with two attached hydrogens (primary N) is 1. The van der Waals surface area contributed by atoms with Crippen LogP contribution in [-0.2, 0) is 0 Å². The highest BCUT2D eigenvalue weighted by molar-refractivity contribution is 9.10. The first-order chi connectivity index (χ1) is 9.65. The molecule has 3 aromatic rings. The van der Waals surface area contributed by atoms with E-state index in [1.54, 1.807) is 47.5 Å². The Kier molecular flexibility index (Phi) is 3.23. The van der Waals surface area contributed by atoms with E-state index in [1.807, 2.05) is 0 Å². The number of benzene rings is 1. The van der Waals surface area contributed by atoms with E-state index in [9.17, 15) is 4.39 Å². The van der Waals surface area contributed by atoms with E-state index in [4.69, 9.17) is 5.73 Å². The summed E-state index contributed by atoms with van der Waals surface area (Å²) in [6.07, 6.45) is 4.98. The minimum absolute atomic E-state index is 0.361. The van der Waals surface area contributed by atoms with Gasteiger partial charge in [0, 0.05) is 22.4 Å². The van der Waals surface area contributed by atoms with Gasteiger partial charge in [-0.05, 0) is 30.3 Å². The quantitative estimate of drug-likeness (QED) is 0.782. The lowest BCUT2D eigenvalue weighted by molar-refractivity contribution is 0.630. The van der Waals surface area contributed by atoms with Crippen molar-refractivity contribution < 1.29 is 4.39 Å². The summed E-state index contributed by atoms with van der Waals surface area (Å²) in [5.74, 6) is -0.361. The Balaban J connectivity index is 2.12. The van der Waals surface area contributed by atoms with E-state index in [1.165, 1.54) is 6.07 Å². The molecular formula is C14H10BrFN4. The zero-order valence-corrected chi connectivity index (χ0v) is 11.9. The summed E-state index contributed by atoms with van der Waals surface area (Å²) in [7, 11) is 0. The van der Waals surface area contributed by atoms with E-state index >= 15 is 0 Å². The largest absolute Gasteiger partial charge is 0.396 e. The molecule has 2 N–H and O–H groups in total. The molecule has 2 heterocycles. The van der Waals surface area contributed by atoms with Crippen LogP contribution in [0.5, 0.6) is 0 Å². The lowest BCUT2D eigenvalue weighted by Crippen LogP contribution is -1.95. The lowest BCUT2D eigenvalue weighted by Gasteiger charge is -2.02. The molecule has 0 unspecified atom stereocenters. The molecule has 0 aliphatic heterocycles. The highest BCUT2D eigenvalue weighted by Gasteiger charge is 2.14. The van der Waals surface area contributed by atoms with Crippen molar-refractivity contribution in [2.45, 2.75) is 0 Å². The predicted octanol–water partition coefficient (Wildman–Crippen LogP) is 3.42. The number of rotatable bonds is 2. The maximum Gasteiger partial charge on any atom is 0.132 e. The number of aromatic nitrogens is 3. The minimum atomic E-state index is -0.361. The van der Waals surface area contributed by atoms with Gasteiger partial charge in [0.1, 0.15) is 11.5 Å². The molecule has 100 valence electrons. The Morgan fingerprint density at radius 1 is 1.15 bits per heavy atom. The number of nitrogen functional groups attached to an aromatic ring is 1. The van der Waals surface area contributed by atoms with Gasteiger partial charge in [0.15, 0.2) is 0 Å². The number of halogens is 2. The third-order valence-corrected chi connectivity index (χ3v) is 3.35. The third kappa shape index (κ3) is 2.30. The average Bonchev–Trinajstić information content (AvgIpc) is 2.84. The molecule has 0 atom stereocenters. The molecule has 1 aromatic carbocycles. The van der Waals surface area contributed by atoms with Gasteiger partial charge >= 0.3 is 0 Å². The van der Waals surface area contributed by atoms with Crippen molar-refractivity contribution in [1.82, 2.24) is 14.8 Å². The molecule has 0 bridgehead atoms. The van der Waals surface area contributed by atoms with E-state index in [2.05, 4.69) is 26.0 Å². The summed E-state index contributed by atoms with van der Waals surface area (Å²) >= 11 is 3.32. The molecule has 0 aliphatic carbocycles. The van der Waals surface area contributed by atoms with Crippen LogP contribution in [0.25, 0.3) is 16.9 Å². The molecule has 0 amide bonds. The summed E-state index contributed by atoms with van der Waals surface area (Å²) in [6, 6.07) is 8.27. The molecule has 0 spiro atoms. The molecule has 20 heavy (non-hydrogen) atoms. The summed E-state index contributed by atoms with van der Waals surface area (Å²) in [4.78, 5) is 3.95. The van der Waals surface area contributed by atoms with Gasteiger partial charge in [-0.2, -0.15) is 5.10 Å². The Hall–Kier alpha value is -2.21. The summed E-state index contributed by atoms with van der Waals surface area (Å²) in [6.45, 7) is 0. The fourth-order valence-electron chi connectivity index (χ4n) is 1.90. The van der Waals surface area contributed by atoms with Gasteiger partial charge in [-0.25, -0.2) is 9.07 Å². The normalized spacial score (nSPS) is 10.7. The van der Waals surface area contributed by atoms with E-state index in [-0.39, 0.29) is 5.82 Å². The standard InChI is InChI=1S/C14H10BrFN4/c15-9-1-2-12(16)11(7-9)14-13(17)8-20(19-14)10-3-5-18-6-4-10/h1-8H,17H2. The van der Waals surface area contributed by atoms with Crippen LogP contribution in [0.15, 0.2) is 53.4 Å². The van der Waals surface area contributed by atoms with Gasteiger partial charge in [-0.3, -0.25) is 4.98 Å². The van der Waals surface area contributed by atoms with Crippen LogP contribution < -0.4 is 5.73 Å². The maximum absolute atomic E-state index is 13.9. The Morgan fingerprint density at radius 2 is 1.90 bits per heavy atom. The summed E-state index contributed by atoms with van der Waals surface area (Å²) < 4.78 is 16.3. The second-order valence-corrected chi connectivity index (χ2v) is 5.12. The van der Waals surface area contributed by atoms with Crippen molar-refractivity contribution in [3.8, 4) is 16.9 Å². The molecule has 4 nitrogen and oxygen atoms in total. The Morgan fingerprint density at radius 3 is 2.65 bits per heavy atom. The van der Waals surface area contributed by atoms with Gasteiger partial charge in [0.05, 0.1) is 17.6 Å². The minimum Gasteiger partial charge on any atom is -0.396 e. The van der Waals surface area contributed by atoms with Gasteiger partial charge in [-0.1, -0.05) is 15.9 Å². The first-order valence-electron chi connectivity index (χ1n) is 5.86. The predicted molar refractivity (Wildman–Crippen MR) is 78.9 cm³/mol. The van der Waals surface area contributed by atoms with Crippen molar-refractivity contribution in [3.63, 3.8) is 0 Å². The van der Waals surface area contributed by atoms with E-state index < -0.39 is 0 Å². The van der Waals surface area contributed by atoms with Gasteiger partial charge < -0.3 is 5.73 Å². The smallest absolute Gasteiger partial charge is 0.132 e. The first-order valence-corrected chi connectivity index (χ1v) is 6.65. The van der Waals surface area contributed by atoms with Crippen LogP contribution in [0.3, 0.4) is 0 Å². The molecule has 0 saturated carbocycles. The second-order valence-electron chi connectivity index (χ2n) is 4.21. The van der Waals surface area contributed by atoms with Crippen LogP contribution in [-0.4, -0.2) is 14.8 Å². The van der Waals surface area contributed by atoms with Crippen LogP contribution in [0, 0.1) is 5.82 Å². The number of hydrogen-bond acceptors (Lipinski definition) is 3. The van der Waals surface area contributed by atoms with Crippen molar-refractivity contribution in [1.29, 1.82) is 0 Å². The molecule has 3 rings (SSSR count). The molecule has 0 saturated heterocycles. The molecule has 6 heteroatoms. The van der Waals surface area contributed by atoms with Crippen LogP contribution in [0.1, 0.15) is 0 Å². The number of anilines is 1. The second kappa shape index (κ2) is 5.05. The molecule has 2 aromatic heterocycles. The molecule has 0 fully saturated rings. The van der Waals surface area contributed by atoms with E-state index in [0.29, 0.717) is 16.9 Å². The monoisotopic (exact) mass is 332 g/mol. The topological polar surface area (TPSA) is 56.7 Å². The maximum atomic E-state index is 13.9. The zero-order chi connectivity index (χ0) is 14.1. The van der Waals surface area contributed by atoms with Crippen molar-refractivity contribution in [2.75, 3.05) is 5.73 Å². The highest BCUT2D eigenvalue weighted by Crippen LogP contribution is 2.29. The molecule has 0 aliphatic rings. The summed E-state index contributed by atoms with van der Waals surface area (Å²) in [5, 5.41) is 4.36. The fourth-order valence-corrected chi connectivity index (χ4v) is 2.27. The number of hydrogen-bond donors (Lipinski definition) is 1. The Labute approximate surface area is 123 Å². The SMILES string of the molecule is Nc1cn(-c2ccncc2)nc1-c1cc(Br)ccc1F. The van der Waals surface area contributed by atoms with E-state index in [0.717, 1.165) is 10.2 Å². The number of nitrogens with zero attached hydrogens (tertiary/aromatic N) is 3.